The van der Waals surface area contributed by atoms with Crippen LogP contribution in [0.25, 0.3) is 11.0 Å². The summed E-state index contributed by atoms with van der Waals surface area (Å²) in [5, 5.41) is 0. The molecule has 5 nitrogen and oxygen atoms in total. The van der Waals surface area contributed by atoms with Crippen LogP contribution in [0.3, 0.4) is 0 Å². The number of hydrogen-bond donors (Lipinski definition) is 0. The number of amides is 1. The van der Waals surface area contributed by atoms with Crippen molar-refractivity contribution in [2.45, 2.75) is 39.8 Å². The second-order valence-electron chi connectivity index (χ2n) is 6.05. The van der Waals surface area contributed by atoms with Crippen molar-refractivity contribution in [1.82, 2.24) is 14.9 Å². The minimum absolute atomic E-state index is 0.0320. The van der Waals surface area contributed by atoms with Crippen LogP contribution in [0.2, 0.25) is 0 Å². The van der Waals surface area contributed by atoms with E-state index in [2.05, 4.69) is 9.97 Å². The molecule has 1 aromatic carbocycles. The van der Waals surface area contributed by atoms with Gasteiger partial charge in [0, 0.05) is 12.1 Å². The zero-order chi connectivity index (χ0) is 15.9. The molecular formula is C17H21N3O2. The summed E-state index contributed by atoms with van der Waals surface area (Å²) in [6.07, 6.45) is 0.0743. The molecule has 22 heavy (non-hydrogen) atoms. The van der Waals surface area contributed by atoms with Gasteiger partial charge in [0.15, 0.2) is 0 Å². The van der Waals surface area contributed by atoms with E-state index in [9.17, 15) is 4.79 Å². The first-order valence-corrected chi connectivity index (χ1v) is 7.63. The number of aromatic nitrogens is 2. The lowest BCUT2D eigenvalue weighted by atomic mass is 10.1. The number of rotatable bonds is 1. The van der Waals surface area contributed by atoms with Crippen LogP contribution < -0.4 is 0 Å². The second-order valence-corrected chi connectivity index (χ2v) is 6.05. The molecule has 2 atom stereocenters. The third-order valence-corrected chi connectivity index (χ3v) is 4.19. The van der Waals surface area contributed by atoms with Gasteiger partial charge in [-0.2, -0.15) is 0 Å². The molecule has 1 saturated heterocycles. The number of aryl methyl sites for hydroxylation is 2. The fourth-order valence-corrected chi connectivity index (χ4v) is 2.72. The van der Waals surface area contributed by atoms with E-state index in [0.717, 1.165) is 22.4 Å². The zero-order valence-electron chi connectivity index (χ0n) is 13.5. The number of fused-ring (bicyclic) bond motifs is 1. The summed E-state index contributed by atoms with van der Waals surface area (Å²) in [4.78, 5) is 23.7. The molecule has 1 aliphatic rings. The number of nitrogens with zero attached hydrogens (tertiary/aromatic N) is 3. The lowest BCUT2D eigenvalue weighted by Gasteiger charge is -2.36. The molecule has 2 aromatic rings. The lowest BCUT2D eigenvalue weighted by molar-refractivity contribution is -0.0387. The molecule has 116 valence electrons. The van der Waals surface area contributed by atoms with Crippen LogP contribution in [0.5, 0.6) is 0 Å². The molecule has 1 amide bonds. The Kier molecular flexibility index (Phi) is 3.83. The molecule has 0 radical (unpaired) electrons. The molecule has 3 rings (SSSR count). The van der Waals surface area contributed by atoms with Gasteiger partial charge in [0.2, 0.25) is 0 Å². The Morgan fingerprint density at radius 1 is 1.18 bits per heavy atom. The van der Waals surface area contributed by atoms with Crippen molar-refractivity contribution in [2.24, 2.45) is 0 Å². The van der Waals surface area contributed by atoms with Gasteiger partial charge in [0.05, 0.1) is 41.2 Å². The number of carbonyl (C=O) groups is 1. The molecule has 1 fully saturated rings. The van der Waals surface area contributed by atoms with Crippen LogP contribution in [-0.4, -0.2) is 46.1 Å². The van der Waals surface area contributed by atoms with Gasteiger partial charge < -0.3 is 9.64 Å². The summed E-state index contributed by atoms with van der Waals surface area (Å²) < 4.78 is 5.59. The second kappa shape index (κ2) is 5.65. The van der Waals surface area contributed by atoms with Gasteiger partial charge in [-0.15, -0.1) is 0 Å². The number of morpholine rings is 1. The summed E-state index contributed by atoms with van der Waals surface area (Å²) in [6, 6.07) is 5.63. The van der Waals surface area contributed by atoms with Crippen molar-refractivity contribution in [3.05, 3.63) is 35.2 Å². The van der Waals surface area contributed by atoms with Crippen molar-refractivity contribution >= 4 is 16.9 Å². The molecule has 0 saturated carbocycles. The Labute approximate surface area is 130 Å². The normalized spacial score (nSPS) is 22.1. The Morgan fingerprint density at radius 3 is 2.59 bits per heavy atom. The van der Waals surface area contributed by atoms with Crippen molar-refractivity contribution in [2.75, 3.05) is 13.2 Å². The summed E-state index contributed by atoms with van der Waals surface area (Å²) in [6.45, 7) is 9.08. The third-order valence-electron chi connectivity index (χ3n) is 4.19. The van der Waals surface area contributed by atoms with E-state index in [-0.39, 0.29) is 18.1 Å². The molecule has 2 unspecified atom stereocenters. The Balaban J connectivity index is 1.95. The Hall–Kier alpha value is -2.01. The van der Waals surface area contributed by atoms with Crippen molar-refractivity contribution in [3.8, 4) is 0 Å². The maximum atomic E-state index is 12.8. The van der Waals surface area contributed by atoms with E-state index < -0.39 is 0 Å². The predicted octanol–water partition coefficient (Wildman–Crippen LogP) is 2.50. The first kappa shape index (κ1) is 14.9. The molecule has 0 aliphatic carbocycles. The van der Waals surface area contributed by atoms with Gasteiger partial charge in [-0.25, -0.2) is 9.97 Å². The van der Waals surface area contributed by atoms with Gasteiger partial charge in [-0.3, -0.25) is 4.79 Å². The van der Waals surface area contributed by atoms with E-state index in [1.54, 1.807) is 0 Å². The van der Waals surface area contributed by atoms with Gasteiger partial charge in [0.25, 0.3) is 5.91 Å². The summed E-state index contributed by atoms with van der Waals surface area (Å²) in [5.74, 6) is 0.0320. The van der Waals surface area contributed by atoms with Crippen molar-refractivity contribution < 1.29 is 9.53 Å². The molecule has 0 bridgehead atoms. The molecule has 1 aromatic heterocycles. The summed E-state index contributed by atoms with van der Waals surface area (Å²) >= 11 is 0. The van der Waals surface area contributed by atoms with Crippen LogP contribution in [-0.2, 0) is 4.74 Å². The Morgan fingerprint density at radius 2 is 1.86 bits per heavy atom. The monoisotopic (exact) mass is 299 g/mol. The summed E-state index contributed by atoms with van der Waals surface area (Å²) in [5.41, 5.74) is 4.06. The lowest BCUT2D eigenvalue weighted by Crippen LogP contribution is -2.50. The largest absolute Gasteiger partial charge is 0.375 e. The number of hydrogen-bond acceptors (Lipinski definition) is 4. The highest BCUT2D eigenvalue weighted by atomic mass is 16.5. The van der Waals surface area contributed by atoms with Crippen LogP contribution in [0.4, 0.5) is 0 Å². The average Bonchev–Trinajstić information content (AvgIpc) is 2.50. The van der Waals surface area contributed by atoms with Crippen LogP contribution >= 0.6 is 0 Å². The quantitative estimate of drug-likeness (QED) is 0.812. The van der Waals surface area contributed by atoms with Crippen LogP contribution in [0, 0.1) is 13.8 Å². The highest BCUT2D eigenvalue weighted by Crippen LogP contribution is 2.19. The maximum Gasteiger partial charge on any atom is 0.254 e. The molecule has 5 heteroatoms. The minimum Gasteiger partial charge on any atom is -0.375 e. The van der Waals surface area contributed by atoms with Crippen LogP contribution in [0.1, 0.15) is 35.6 Å². The molecule has 1 aliphatic heterocycles. The van der Waals surface area contributed by atoms with Crippen molar-refractivity contribution in [1.29, 1.82) is 0 Å². The van der Waals surface area contributed by atoms with E-state index >= 15 is 0 Å². The fraction of sp³-hybridized carbons (Fsp3) is 0.471. The van der Waals surface area contributed by atoms with E-state index in [1.807, 2.05) is 50.8 Å². The molecular weight excluding hydrogens is 278 g/mol. The summed E-state index contributed by atoms with van der Waals surface area (Å²) in [7, 11) is 0. The SMILES string of the molecule is Cc1nc2ccc(C(=O)N3CC(C)OCC3C)cc2nc1C. The van der Waals surface area contributed by atoms with E-state index in [0.29, 0.717) is 18.7 Å². The van der Waals surface area contributed by atoms with Crippen molar-refractivity contribution in [3.63, 3.8) is 0 Å². The third kappa shape index (κ3) is 2.68. The smallest absolute Gasteiger partial charge is 0.254 e. The van der Waals surface area contributed by atoms with Crippen LogP contribution in [0.15, 0.2) is 18.2 Å². The van der Waals surface area contributed by atoms with E-state index in [4.69, 9.17) is 4.74 Å². The Bertz CT molecular complexity index is 729. The minimum atomic E-state index is 0.0320. The molecule has 0 spiro atoms. The highest BCUT2D eigenvalue weighted by Gasteiger charge is 2.28. The first-order chi connectivity index (χ1) is 10.5. The standard InChI is InChI=1S/C17H21N3O2/c1-10-9-22-11(2)8-20(10)17(21)14-5-6-15-16(7-14)19-13(4)12(3)18-15/h5-7,10-11H,8-9H2,1-4H3. The number of benzene rings is 1. The zero-order valence-corrected chi connectivity index (χ0v) is 13.5. The maximum absolute atomic E-state index is 12.8. The first-order valence-electron chi connectivity index (χ1n) is 7.63. The van der Waals surface area contributed by atoms with Gasteiger partial charge >= 0.3 is 0 Å². The van der Waals surface area contributed by atoms with Gasteiger partial charge in [-0.1, -0.05) is 0 Å². The predicted molar refractivity (Wildman–Crippen MR) is 84.9 cm³/mol. The molecule has 0 N–H and O–H groups in total. The number of ether oxygens (including phenoxy) is 1. The van der Waals surface area contributed by atoms with E-state index in [1.165, 1.54) is 0 Å². The van der Waals surface area contributed by atoms with Gasteiger partial charge in [0.1, 0.15) is 0 Å². The van der Waals surface area contributed by atoms with Gasteiger partial charge in [-0.05, 0) is 45.9 Å². The average molecular weight is 299 g/mol. The highest BCUT2D eigenvalue weighted by molar-refractivity contribution is 5.97. The molecule has 2 heterocycles. The fourth-order valence-electron chi connectivity index (χ4n) is 2.72. The number of carbonyl (C=O) groups excluding carboxylic acids is 1. The topological polar surface area (TPSA) is 55.3 Å².